The van der Waals surface area contributed by atoms with Crippen LogP contribution in [0.1, 0.15) is 93.8 Å². The molecule has 0 atom stereocenters. The highest BCUT2D eigenvalue weighted by Gasteiger charge is 2.34. The van der Waals surface area contributed by atoms with Gasteiger partial charge < -0.3 is 10.2 Å². The number of nitrogens with one attached hydrogen (secondary N) is 1. The predicted octanol–water partition coefficient (Wildman–Crippen LogP) is 4.39. The van der Waals surface area contributed by atoms with Gasteiger partial charge in [-0.05, 0) is 44.6 Å². The number of carbonyl (C=O) groups is 2. The Bertz CT molecular complexity index is 922. The van der Waals surface area contributed by atoms with Crippen LogP contribution in [0, 0.1) is 5.92 Å². The van der Waals surface area contributed by atoms with Crippen LogP contribution in [-0.2, 0) is 14.8 Å². The Kier molecular flexibility index (Phi) is 9.04. The van der Waals surface area contributed by atoms with Crippen molar-refractivity contribution in [2.45, 2.75) is 93.7 Å². The molecule has 0 radical (unpaired) electrons. The lowest BCUT2D eigenvalue weighted by Crippen LogP contribution is -2.45. The number of amides is 2. The molecule has 0 aromatic carbocycles. The van der Waals surface area contributed by atoms with E-state index in [-0.39, 0.29) is 28.0 Å². The average Bonchev–Trinajstić information content (AvgIpc) is 3.17. The average molecular weight is 510 g/mol. The summed E-state index contributed by atoms with van der Waals surface area (Å²) >= 11 is 1.13. The van der Waals surface area contributed by atoms with E-state index in [1.165, 1.54) is 36.4 Å². The summed E-state index contributed by atoms with van der Waals surface area (Å²) in [4.78, 5) is 27.5. The molecule has 190 valence electrons. The molecule has 9 heteroatoms. The highest BCUT2D eigenvalue weighted by Crippen LogP contribution is 2.29. The Morgan fingerprint density at radius 3 is 2.06 bits per heavy atom. The number of likely N-dealkylation sites (tertiary alicyclic amines) is 1. The van der Waals surface area contributed by atoms with Crippen molar-refractivity contribution in [2.24, 2.45) is 5.92 Å². The SMILES string of the molecule is O=C(NC1CCCCCCC1)C1CCN(S(=O)(=O)c2cc(C(=O)N3CCCCCC3)cs2)CC1. The van der Waals surface area contributed by atoms with Gasteiger partial charge in [0, 0.05) is 43.5 Å². The maximum absolute atomic E-state index is 13.2. The Labute approximate surface area is 208 Å². The molecule has 1 aliphatic carbocycles. The van der Waals surface area contributed by atoms with Crippen molar-refractivity contribution in [3.05, 3.63) is 17.0 Å². The quantitative estimate of drug-likeness (QED) is 0.638. The first-order valence-electron chi connectivity index (χ1n) is 13.1. The summed E-state index contributed by atoms with van der Waals surface area (Å²) in [5, 5.41) is 4.92. The van der Waals surface area contributed by atoms with E-state index in [1.807, 2.05) is 4.90 Å². The second-order valence-electron chi connectivity index (χ2n) is 10.1. The van der Waals surface area contributed by atoms with Gasteiger partial charge in [0.1, 0.15) is 4.21 Å². The van der Waals surface area contributed by atoms with E-state index >= 15 is 0 Å². The lowest BCUT2D eigenvalue weighted by Gasteiger charge is -2.31. The number of rotatable bonds is 5. The molecular formula is C25H39N3O4S2. The molecule has 0 unspecified atom stereocenters. The standard InChI is InChI=1S/C25H39N3O4S2/c29-24(26-22-10-6-2-1-3-7-11-22)20-12-16-28(17-13-20)34(31,32)23-18-21(19-33-23)25(30)27-14-8-4-5-9-15-27/h18-20,22H,1-17H2,(H,26,29). The number of nitrogens with zero attached hydrogens (tertiary/aromatic N) is 2. The number of piperidine rings is 1. The van der Waals surface area contributed by atoms with Crippen molar-refractivity contribution in [1.82, 2.24) is 14.5 Å². The Morgan fingerprint density at radius 2 is 1.41 bits per heavy atom. The summed E-state index contributed by atoms with van der Waals surface area (Å²) in [5.74, 6) is -0.103. The van der Waals surface area contributed by atoms with E-state index in [9.17, 15) is 18.0 Å². The van der Waals surface area contributed by atoms with E-state index in [4.69, 9.17) is 0 Å². The first-order chi connectivity index (χ1) is 16.4. The van der Waals surface area contributed by atoms with E-state index < -0.39 is 10.0 Å². The van der Waals surface area contributed by atoms with Crippen LogP contribution >= 0.6 is 11.3 Å². The third-order valence-electron chi connectivity index (χ3n) is 7.59. The second kappa shape index (κ2) is 12.0. The van der Waals surface area contributed by atoms with Crippen molar-refractivity contribution in [2.75, 3.05) is 26.2 Å². The summed E-state index contributed by atoms with van der Waals surface area (Å²) in [5.41, 5.74) is 0.471. The van der Waals surface area contributed by atoms with Gasteiger partial charge in [0.05, 0.1) is 5.56 Å². The van der Waals surface area contributed by atoms with Crippen LogP contribution in [0.3, 0.4) is 0 Å². The maximum atomic E-state index is 13.2. The summed E-state index contributed by atoms with van der Waals surface area (Å²) in [6, 6.07) is 1.81. The third-order valence-corrected chi connectivity index (χ3v) is 10.9. The molecule has 2 aliphatic heterocycles. The first kappa shape index (κ1) is 25.6. The van der Waals surface area contributed by atoms with Crippen LogP contribution < -0.4 is 5.32 Å². The van der Waals surface area contributed by atoms with Gasteiger partial charge in [0.25, 0.3) is 15.9 Å². The lowest BCUT2D eigenvalue weighted by atomic mass is 9.94. The number of hydrogen-bond donors (Lipinski definition) is 1. The zero-order valence-electron chi connectivity index (χ0n) is 20.2. The molecule has 3 fully saturated rings. The second-order valence-corrected chi connectivity index (χ2v) is 13.2. The Morgan fingerprint density at radius 1 is 0.824 bits per heavy atom. The van der Waals surface area contributed by atoms with Crippen molar-refractivity contribution >= 4 is 33.2 Å². The van der Waals surface area contributed by atoms with Gasteiger partial charge in [-0.2, -0.15) is 4.31 Å². The fourth-order valence-corrected chi connectivity index (χ4v) is 8.20. The third kappa shape index (κ3) is 6.40. The fourth-order valence-electron chi connectivity index (χ4n) is 5.43. The summed E-state index contributed by atoms with van der Waals surface area (Å²) in [7, 11) is -3.65. The predicted molar refractivity (Wildman–Crippen MR) is 134 cm³/mol. The molecule has 7 nitrogen and oxygen atoms in total. The zero-order chi connectivity index (χ0) is 24.0. The molecule has 2 saturated heterocycles. The summed E-state index contributed by atoms with van der Waals surface area (Å²) in [6.07, 6.45) is 13.6. The minimum absolute atomic E-state index is 0.0656. The molecule has 4 rings (SSSR count). The van der Waals surface area contributed by atoms with Crippen molar-refractivity contribution in [3.8, 4) is 0 Å². The van der Waals surface area contributed by atoms with E-state index in [1.54, 1.807) is 11.4 Å². The molecular weight excluding hydrogens is 470 g/mol. The Balaban J connectivity index is 1.31. The molecule has 34 heavy (non-hydrogen) atoms. The highest BCUT2D eigenvalue weighted by molar-refractivity contribution is 7.91. The summed E-state index contributed by atoms with van der Waals surface area (Å²) < 4.78 is 28.2. The highest BCUT2D eigenvalue weighted by atomic mass is 32.2. The van der Waals surface area contributed by atoms with Crippen molar-refractivity contribution in [3.63, 3.8) is 0 Å². The van der Waals surface area contributed by atoms with Gasteiger partial charge in [-0.15, -0.1) is 11.3 Å². The van der Waals surface area contributed by atoms with Gasteiger partial charge >= 0.3 is 0 Å². The number of hydrogen-bond acceptors (Lipinski definition) is 5. The van der Waals surface area contributed by atoms with Crippen LogP contribution in [0.15, 0.2) is 15.7 Å². The topological polar surface area (TPSA) is 86.8 Å². The smallest absolute Gasteiger partial charge is 0.254 e. The molecule has 1 saturated carbocycles. The van der Waals surface area contributed by atoms with Gasteiger partial charge in [0.2, 0.25) is 5.91 Å². The van der Waals surface area contributed by atoms with Crippen molar-refractivity contribution in [1.29, 1.82) is 0 Å². The molecule has 1 N–H and O–H groups in total. The van der Waals surface area contributed by atoms with Gasteiger partial charge in [-0.1, -0.05) is 44.9 Å². The molecule has 3 heterocycles. The van der Waals surface area contributed by atoms with Crippen LogP contribution in [0.5, 0.6) is 0 Å². The van der Waals surface area contributed by atoms with E-state index in [0.29, 0.717) is 31.5 Å². The molecule has 1 aromatic heterocycles. The van der Waals surface area contributed by atoms with Gasteiger partial charge in [-0.3, -0.25) is 9.59 Å². The molecule has 2 amide bonds. The fraction of sp³-hybridized carbons (Fsp3) is 0.760. The normalized spacial score (nSPS) is 22.5. The molecule has 0 spiro atoms. The van der Waals surface area contributed by atoms with E-state index in [0.717, 1.165) is 63.0 Å². The van der Waals surface area contributed by atoms with Gasteiger partial charge in [0.15, 0.2) is 0 Å². The van der Waals surface area contributed by atoms with Crippen LogP contribution in [0.4, 0.5) is 0 Å². The number of sulfonamides is 1. The molecule has 3 aliphatic rings. The van der Waals surface area contributed by atoms with Crippen LogP contribution in [-0.4, -0.2) is 61.7 Å². The molecule has 1 aromatic rings. The monoisotopic (exact) mass is 509 g/mol. The first-order valence-corrected chi connectivity index (χ1v) is 15.5. The van der Waals surface area contributed by atoms with E-state index in [2.05, 4.69) is 5.32 Å². The number of carbonyl (C=O) groups excluding carboxylic acids is 2. The molecule has 0 bridgehead atoms. The number of thiophene rings is 1. The Hall–Kier alpha value is -1.45. The van der Waals surface area contributed by atoms with Crippen LogP contribution in [0.25, 0.3) is 0 Å². The minimum atomic E-state index is -3.65. The minimum Gasteiger partial charge on any atom is -0.353 e. The van der Waals surface area contributed by atoms with Crippen molar-refractivity contribution < 1.29 is 18.0 Å². The van der Waals surface area contributed by atoms with Gasteiger partial charge in [-0.25, -0.2) is 8.42 Å². The largest absolute Gasteiger partial charge is 0.353 e. The maximum Gasteiger partial charge on any atom is 0.254 e. The lowest BCUT2D eigenvalue weighted by molar-refractivity contribution is -0.127. The summed E-state index contributed by atoms with van der Waals surface area (Å²) in [6.45, 7) is 2.18. The zero-order valence-corrected chi connectivity index (χ0v) is 21.8. The van der Waals surface area contributed by atoms with Crippen LogP contribution in [0.2, 0.25) is 0 Å².